The molecule has 3 atom stereocenters. The number of urea groups is 1. The lowest BCUT2D eigenvalue weighted by Gasteiger charge is -2.42. The minimum Gasteiger partial charge on any atom is -0.337 e. The van der Waals surface area contributed by atoms with Gasteiger partial charge in [-0.25, -0.2) is 13.9 Å². The van der Waals surface area contributed by atoms with Crippen molar-refractivity contribution in [1.29, 1.82) is 0 Å². The van der Waals surface area contributed by atoms with E-state index in [1.54, 1.807) is 11.7 Å². The van der Waals surface area contributed by atoms with E-state index in [0.29, 0.717) is 36.1 Å². The normalized spacial score (nSPS) is 20.5. The summed E-state index contributed by atoms with van der Waals surface area (Å²) in [6.07, 6.45) is 3.96. The van der Waals surface area contributed by atoms with Crippen LogP contribution in [0.2, 0.25) is 0 Å². The number of piperidine rings is 2. The number of carbonyl (C=O) groups excluding carboxylic acids is 2. The molecule has 1 aromatic heterocycles. The Balaban J connectivity index is 1.13. The Kier molecular flexibility index (Phi) is 9.44. The predicted molar refractivity (Wildman–Crippen MR) is 170 cm³/mol. The lowest BCUT2D eigenvalue weighted by Crippen LogP contribution is -2.57. The van der Waals surface area contributed by atoms with Gasteiger partial charge in [0, 0.05) is 50.0 Å². The van der Waals surface area contributed by atoms with E-state index in [1.807, 2.05) is 71.6 Å². The van der Waals surface area contributed by atoms with E-state index in [9.17, 15) is 14.0 Å². The van der Waals surface area contributed by atoms with E-state index in [4.69, 9.17) is 0 Å². The molecule has 4 aromatic rings. The van der Waals surface area contributed by atoms with E-state index in [1.165, 1.54) is 12.1 Å². The summed E-state index contributed by atoms with van der Waals surface area (Å²) in [5.41, 5.74) is 3.22. The number of hydrogen-bond donors (Lipinski definition) is 2. The van der Waals surface area contributed by atoms with Gasteiger partial charge in [-0.3, -0.25) is 4.79 Å². The fourth-order valence-corrected chi connectivity index (χ4v) is 6.65. The molecule has 0 aliphatic carbocycles. The third kappa shape index (κ3) is 7.72. The molecule has 2 saturated heterocycles. The number of rotatable bonds is 8. The van der Waals surface area contributed by atoms with Crippen molar-refractivity contribution in [3.63, 3.8) is 0 Å². The average molecular weight is 611 g/mol. The minimum absolute atomic E-state index is 0.0245. The highest BCUT2D eigenvalue weighted by Gasteiger charge is 2.35. The first kappa shape index (κ1) is 30.4. The molecular weight excluding hydrogens is 571 g/mol. The van der Waals surface area contributed by atoms with Crippen molar-refractivity contribution in [1.82, 2.24) is 35.3 Å². The molecular formula is C34H39FN8O2. The number of amides is 3. The molecule has 3 amide bonds. The van der Waals surface area contributed by atoms with Gasteiger partial charge in [-0.1, -0.05) is 42.5 Å². The Morgan fingerprint density at radius 3 is 2.56 bits per heavy atom. The standard InChI is InChI=1S/C34H39FN8O2/c1-41-32(38-39-40-41)27-10-5-11-30(20-27)36-34(45)37-31-23-43(33(44)26-8-3-2-4-9-26)18-16-28(31)22-42-17-6-7-25(21-42)19-24-12-14-29(35)15-13-24/h2-5,8-15,20,25,28,31H,6-7,16-19,21-23H2,1H3,(H2,36,37,45)/t25-,28-,31-/m0/s1. The van der Waals surface area contributed by atoms with Crippen molar-refractivity contribution in [2.24, 2.45) is 18.9 Å². The first-order chi connectivity index (χ1) is 21.9. The Morgan fingerprint density at radius 2 is 1.78 bits per heavy atom. The Hall–Kier alpha value is -4.64. The van der Waals surface area contributed by atoms with Gasteiger partial charge in [0.1, 0.15) is 5.82 Å². The third-order valence-corrected chi connectivity index (χ3v) is 8.91. The number of tetrazole rings is 1. The lowest BCUT2D eigenvalue weighted by molar-refractivity contribution is 0.0576. The molecule has 45 heavy (non-hydrogen) atoms. The van der Waals surface area contributed by atoms with Gasteiger partial charge in [-0.05, 0) is 96.5 Å². The molecule has 2 fully saturated rings. The maximum Gasteiger partial charge on any atom is 0.319 e. The van der Waals surface area contributed by atoms with E-state index >= 15 is 0 Å². The molecule has 0 spiro atoms. The van der Waals surface area contributed by atoms with Gasteiger partial charge in [-0.15, -0.1) is 5.10 Å². The smallest absolute Gasteiger partial charge is 0.319 e. The topological polar surface area (TPSA) is 108 Å². The molecule has 0 bridgehead atoms. The zero-order chi connectivity index (χ0) is 31.2. The van der Waals surface area contributed by atoms with Crippen LogP contribution in [0.25, 0.3) is 11.4 Å². The van der Waals surface area contributed by atoms with Crippen LogP contribution in [0.5, 0.6) is 0 Å². The van der Waals surface area contributed by atoms with Crippen LogP contribution in [0.15, 0.2) is 78.9 Å². The highest BCUT2D eigenvalue weighted by atomic mass is 19.1. The van der Waals surface area contributed by atoms with Gasteiger partial charge >= 0.3 is 6.03 Å². The van der Waals surface area contributed by atoms with Gasteiger partial charge in [0.2, 0.25) is 0 Å². The van der Waals surface area contributed by atoms with Crippen LogP contribution in [0.4, 0.5) is 14.9 Å². The van der Waals surface area contributed by atoms with Gasteiger partial charge in [0.05, 0.1) is 6.04 Å². The van der Waals surface area contributed by atoms with Crippen LogP contribution >= 0.6 is 0 Å². The summed E-state index contributed by atoms with van der Waals surface area (Å²) < 4.78 is 15.0. The number of benzene rings is 3. The zero-order valence-corrected chi connectivity index (χ0v) is 25.5. The molecule has 2 N–H and O–H groups in total. The highest BCUT2D eigenvalue weighted by Crippen LogP contribution is 2.26. The number of aromatic nitrogens is 4. The molecule has 0 unspecified atom stereocenters. The quantitative estimate of drug-likeness (QED) is 0.302. The fourth-order valence-electron chi connectivity index (χ4n) is 6.65. The number of likely N-dealkylation sites (tertiary alicyclic amines) is 2. The monoisotopic (exact) mass is 610 g/mol. The average Bonchev–Trinajstić information content (AvgIpc) is 3.49. The van der Waals surface area contributed by atoms with Crippen molar-refractivity contribution >= 4 is 17.6 Å². The van der Waals surface area contributed by atoms with Gasteiger partial charge in [0.25, 0.3) is 5.91 Å². The number of halogens is 1. The number of hydrogen-bond acceptors (Lipinski definition) is 6. The number of nitrogens with zero attached hydrogens (tertiary/aromatic N) is 6. The second kappa shape index (κ2) is 14.0. The van der Waals surface area contributed by atoms with Crippen LogP contribution < -0.4 is 10.6 Å². The highest BCUT2D eigenvalue weighted by molar-refractivity contribution is 5.94. The second-order valence-corrected chi connectivity index (χ2v) is 12.2. The summed E-state index contributed by atoms with van der Waals surface area (Å²) >= 11 is 0. The van der Waals surface area contributed by atoms with Crippen LogP contribution in [-0.2, 0) is 13.5 Å². The second-order valence-electron chi connectivity index (χ2n) is 12.2. The Labute approximate surface area is 262 Å². The van der Waals surface area contributed by atoms with Crippen molar-refractivity contribution in [3.05, 3.63) is 95.8 Å². The summed E-state index contributed by atoms with van der Waals surface area (Å²) in [5, 5.41) is 17.9. The first-order valence-corrected chi connectivity index (χ1v) is 15.6. The van der Waals surface area contributed by atoms with Crippen LogP contribution in [-0.4, -0.2) is 80.7 Å². The Morgan fingerprint density at radius 1 is 0.956 bits per heavy atom. The van der Waals surface area contributed by atoms with Crippen molar-refractivity contribution in [2.75, 3.05) is 38.0 Å². The van der Waals surface area contributed by atoms with Crippen molar-refractivity contribution < 1.29 is 14.0 Å². The molecule has 2 aliphatic rings. The number of carbonyl (C=O) groups is 2. The number of nitrogens with one attached hydrogen (secondary N) is 2. The maximum absolute atomic E-state index is 13.4. The van der Waals surface area contributed by atoms with E-state index in [0.717, 1.165) is 56.4 Å². The fraction of sp³-hybridized carbons (Fsp3) is 0.382. The number of anilines is 1. The molecule has 3 heterocycles. The van der Waals surface area contributed by atoms with Gasteiger partial charge in [0.15, 0.2) is 5.82 Å². The minimum atomic E-state index is -0.319. The maximum atomic E-state index is 13.4. The Bertz CT molecular complexity index is 1600. The van der Waals surface area contributed by atoms with Crippen LogP contribution in [0.1, 0.15) is 35.2 Å². The molecule has 234 valence electrons. The van der Waals surface area contributed by atoms with Crippen molar-refractivity contribution in [3.8, 4) is 11.4 Å². The summed E-state index contributed by atoms with van der Waals surface area (Å²) in [5.74, 6) is 1.04. The largest absolute Gasteiger partial charge is 0.337 e. The van der Waals surface area contributed by atoms with E-state index in [-0.39, 0.29) is 29.7 Å². The molecule has 6 rings (SSSR count). The summed E-state index contributed by atoms with van der Waals surface area (Å²) in [7, 11) is 1.77. The predicted octanol–water partition coefficient (Wildman–Crippen LogP) is 4.62. The van der Waals surface area contributed by atoms with E-state index < -0.39 is 0 Å². The number of aryl methyl sites for hydroxylation is 1. The van der Waals surface area contributed by atoms with Gasteiger partial charge in [-0.2, -0.15) is 0 Å². The summed E-state index contributed by atoms with van der Waals surface area (Å²) in [4.78, 5) is 31.1. The SMILES string of the molecule is Cn1nnnc1-c1cccc(NC(=O)N[C@H]2CN(C(=O)c3ccccc3)CC[C@H]2CN2CCC[C@@H](Cc3ccc(F)cc3)C2)c1. The first-order valence-electron chi connectivity index (χ1n) is 15.6. The molecule has 0 saturated carbocycles. The lowest BCUT2D eigenvalue weighted by atomic mass is 9.87. The third-order valence-electron chi connectivity index (χ3n) is 8.91. The molecule has 11 heteroatoms. The van der Waals surface area contributed by atoms with Crippen LogP contribution in [0.3, 0.4) is 0 Å². The van der Waals surface area contributed by atoms with Crippen LogP contribution in [0, 0.1) is 17.7 Å². The molecule has 3 aromatic carbocycles. The molecule has 10 nitrogen and oxygen atoms in total. The van der Waals surface area contributed by atoms with Gasteiger partial charge < -0.3 is 20.4 Å². The zero-order valence-electron chi connectivity index (χ0n) is 25.5. The van der Waals surface area contributed by atoms with E-state index in [2.05, 4.69) is 31.1 Å². The summed E-state index contributed by atoms with van der Waals surface area (Å²) in [6.45, 7) is 3.88. The van der Waals surface area contributed by atoms with Crippen molar-refractivity contribution in [2.45, 2.75) is 31.7 Å². The summed E-state index contributed by atoms with van der Waals surface area (Å²) in [6, 6.07) is 23.0. The molecule has 2 aliphatic heterocycles. The molecule has 0 radical (unpaired) electrons.